The summed E-state index contributed by atoms with van der Waals surface area (Å²) >= 11 is 0. The van der Waals surface area contributed by atoms with Gasteiger partial charge >= 0.3 is 0 Å². The molecule has 0 spiro atoms. The Bertz CT molecular complexity index is 1210. The van der Waals surface area contributed by atoms with Gasteiger partial charge in [0, 0.05) is 30.2 Å². The number of aliphatic hydroxyl groups excluding tert-OH is 1. The molecule has 2 atom stereocenters. The predicted molar refractivity (Wildman–Crippen MR) is 115 cm³/mol. The van der Waals surface area contributed by atoms with E-state index in [1.54, 1.807) is 18.0 Å². The molecule has 1 aliphatic carbocycles. The third kappa shape index (κ3) is 2.97. The zero-order valence-electron chi connectivity index (χ0n) is 17.4. The third-order valence-corrected chi connectivity index (χ3v) is 6.01. The molecule has 0 radical (unpaired) electrons. The lowest BCUT2D eigenvalue weighted by atomic mass is 10.1. The number of methoxy groups -OCH3 is 1. The highest BCUT2D eigenvalue weighted by Gasteiger charge is 2.29. The van der Waals surface area contributed by atoms with Crippen LogP contribution in [0.25, 0.3) is 28.1 Å². The maximum Gasteiger partial charge on any atom is 0.159 e. The topological polar surface area (TPSA) is 78.0 Å². The number of hydrogen-bond acceptors (Lipinski definition) is 5. The maximum atomic E-state index is 10.4. The fourth-order valence-electron chi connectivity index (χ4n) is 4.48. The first-order valence-corrected chi connectivity index (χ1v) is 10.3. The van der Waals surface area contributed by atoms with Gasteiger partial charge in [-0.3, -0.25) is 0 Å². The molecule has 154 valence electrons. The fourth-order valence-corrected chi connectivity index (χ4v) is 4.48. The van der Waals surface area contributed by atoms with Crippen molar-refractivity contribution < 1.29 is 9.84 Å². The third-order valence-electron chi connectivity index (χ3n) is 6.01. The second kappa shape index (κ2) is 7.25. The number of aliphatic hydroxyl groups is 1. The first-order chi connectivity index (χ1) is 14.6. The summed E-state index contributed by atoms with van der Waals surface area (Å²) in [5, 5.41) is 14.7. The Hall–Kier alpha value is -3.19. The number of nitrogens with zero attached hydrogens (tertiary/aromatic N) is 5. The highest BCUT2D eigenvalue weighted by atomic mass is 16.5. The second-order valence-electron chi connectivity index (χ2n) is 7.95. The van der Waals surface area contributed by atoms with Crippen molar-refractivity contribution in [2.45, 2.75) is 45.3 Å². The van der Waals surface area contributed by atoms with Gasteiger partial charge in [-0.25, -0.2) is 14.6 Å². The number of fused-ring (bicyclic) bond motifs is 1. The van der Waals surface area contributed by atoms with Gasteiger partial charge in [0.2, 0.25) is 0 Å². The van der Waals surface area contributed by atoms with Crippen LogP contribution < -0.4 is 4.74 Å². The average Bonchev–Trinajstić information content (AvgIpc) is 3.48. The Kier molecular flexibility index (Phi) is 4.55. The molecule has 0 bridgehead atoms. The number of hydrogen-bond donors (Lipinski definition) is 1. The number of aryl methyl sites for hydroxylation is 2. The fraction of sp³-hybridized carbons (Fsp3) is 0.348. The first kappa shape index (κ1) is 18.8. The number of aromatic nitrogens is 5. The largest absolute Gasteiger partial charge is 0.496 e. The van der Waals surface area contributed by atoms with E-state index in [1.165, 1.54) is 0 Å². The van der Waals surface area contributed by atoms with Crippen molar-refractivity contribution in [3.63, 3.8) is 0 Å². The predicted octanol–water partition coefficient (Wildman–Crippen LogP) is 4.00. The molecule has 0 aliphatic heterocycles. The molecule has 3 heterocycles. The monoisotopic (exact) mass is 403 g/mol. The second-order valence-corrected chi connectivity index (χ2v) is 7.95. The Labute approximate surface area is 175 Å². The molecule has 0 amide bonds. The molecule has 7 nitrogen and oxygen atoms in total. The normalized spacial score (nSPS) is 18.9. The lowest BCUT2D eigenvalue weighted by Crippen LogP contribution is -2.18. The minimum Gasteiger partial charge on any atom is -0.496 e. The zero-order valence-corrected chi connectivity index (χ0v) is 17.4. The van der Waals surface area contributed by atoms with E-state index >= 15 is 0 Å². The SMILES string of the molecule is COc1cc(-n2cccn2)ccc1-c1nc2c(C)cn([C@H]3CCC[C@@H]3O)c2nc1C. The molecule has 1 saturated carbocycles. The molecule has 4 aromatic rings. The van der Waals surface area contributed by atoms with Crippen LogP contribution in [0.2, 0.25) is 0 Å². The summed E-state index contributed by atoms with van der Waals surface area (Å²) in [5.41, 5.74) is 6.22. The minimum absolute atomic E-state index is 0.0728. The molecule has 5 rings (SSSR count). The highest BCUT2D eigenvalue weighted by molar-refractivity contribution is 5.81. The Morgan fingerprint density at radius 3 is 2.73 bits per heavy atom. The van der Waals surface area contributed by atoms with Gasteiger partial charge in [0.05, 0.1) is 36.3 Å². The van der Waals surface area contributed by atoms with Crippen molar-refractivity contribution in [2.75, 3.05) is 7.11 Å². The van der Waals surface area contributed by atoms with Crippen molar-refractivity contribution in [3.8, 4) is 22.7 Å². The van der Waals surface area contributed by atoms with Crippen LogP contribution in [0.4, 0.5) is 0 Å². The lowest BCUT2D eigenvalue weighted by molar-refractivity contribution is 0.138. The van der Waals surface area contributed by atoms with Gasteiger partial charge in [-0.2, -0.15) is 5.10 Å². The highest BCUT2D eigenvalue weighted by Crippen LogP contribution is 2.37. The molecular weight excluding hydrogens is 378 g/mol. The average molecular weight is 403 g/mol. The van der Waals surface area contributed by atoms with E-state index in [-0.39, 0.29) is 12.1 Å². The van der Waals surface area contributed by atoms with Gasteiger partial charge in [-0.15, -0.1) is 0 Å². The summed E-state index contributed by atoms with van der Waals surface area (Å²) in [5.74, 6) is 0.725. The van der Waals surface area contributed by atoms with Crippen molar-refractivity contribution in [3.05, 3.63) is 54.1 Å². The minimum atomic E-state index is -0.322. The van der Waals surface area contributed by atoms with Gasteiger partial charge in [-0.1, -0.05) is 0 Å². The smallest absolute Gasteiger partial charge is 0.159 e. The molecule has 3 aromatic heterocycles. The summed E-state index contributed by atoms with van der Waals surface area (Å²) in [6.07, 6.45) is 8.24. The molecule has 0 unspecified atom stereocenters. The number of rotatable bonds is 4. The van der Waals surface area contributed by atoms with Crippen LogP contribution in [0.15, 0.2) is 42.9 Å². The Morgan fingerprint density at radius 1 is 1.17 bits per heavy atom. The van der Waals surface area contributed by atoms with Crippen molar-refractivity contribution in [1.82, 2.24) is 24.3 Å². The van der Waals surface area contributed by atoms with Crippen molar-refractivity contribution >= 4 is 11.2 Å². The van der Waals surface area contributed by atoms with Crippen LogP contribution in [0.3, 0.4) is 0 Å². The van der Waals surface area contributed by atoms with Gasteiger partial charge in [-0.05, 0) is 56.9 Å². The Morgan fingerprint density at radius 2 is 2.03 bits per heavy atom. The van der Waals surface area contributed by atoms with E-state index in [9.17, 15) is 5.11 Å². The molecule has 7 heteroatoms. The van der Waals surface area contributed by atoms with E-state index in [0.29, 0.717) is 0 Å². The van der Waals surface area contributed by atoms with E-state index in [2.05, 4.69) is 15.9 Å². The number of benzene rings is 1. The number of ether oxygens (including phenoxy) is 1. The van der Waals surface area contributed by atoms with Crippen LogP contribution in [0.5, 0.6) is 5.75 Å². The van der Waals surface area contributed by atoms with Gasteiger partial charge < -0.3 is 14.4 Å². The molecule has 1 aliphatic rings. The lowest BCUT2D eigenvalue weighted by Gasteiger charge is -2.18. The van der Waals surface area contributed by atoms with E-state index in [0.717, 1.165) is 64.4 Å². The van der Waals surface area contributed by atoms with E-state index < -0.39 is 0 Å². The van der Waals surface area contributed by atoms with Crippen LogP contribution in [-0.4, -0.2) is 42.6 Å². The maximum absolute atomic E-state index is 10.4. The quantitative estimate of drug-likeness (QED) is 0.557. The van der Waals surface area contributed by atoms with Crippen LogP contribution in [-0.2, 0) is 0 Å². The Balaban J connectivity index is 1.63. The molecule has 30 heavy (non-hydrogen) atoms. The van der Waals surface area contributed by atoms with Crippen molar-refractivity contribution in [1.29, 1.82) is 0 Å². The summed E-state index contributed by atoms with van der Waals surface area (Å²) in [4.78, 5) is 9.91. The van der Waals surface area contributed by atoms with E-state index in [4.69, 9.17) is 14.7 Å². The van der Waals surface area contributed by atoms with E-state index in [1.807, 2.05) is 44.3 Å². The molecule has 0 saturated heterocycles. The summed E-state index contributed by atoms with van der Waals surface area (Å²) in [7, 11) is 1.66. The summed E-state index contributed by atoms with van der Waals surface area (Å²) in [6.45, 7) is 4.02. The van der Waals surface area contributed by atoms with Crippen molar-refractivity contribution in [2.24, 2.45) is 0 Å². The van der Waals surface area contributed by atoms with Gasteiger partial charge in [0.15, 0.2) is 5.65 Å². The van der Waals surface area contributed by atoms with Crippen LogP contribution >= 0.6 is 0 Å². The summed E-state index contributed by atoms with van der Waals surface area (Å²) < 4.78 is 9.60. The molecule has 1 fully saturated rings. The molecule has 1 aromatic carbocycles. The van der Waals surface area contributed by atoms with Gasteiger partial charge in [0.1, 0.15) is 11.3 Å². The van der Waals surface area contributed by atoms with Crippen LogP contribution in [0, 0.1) is 13.8 Å². The standard InChI is InChI=1S/C23H25N5O2/c1-14-13-27(18-6-4-7-19(18)29)23-21(14)26-22(15(2)25-23)17-9-8-16(12-20(17)30-3)28-11-5-10-24-28/h5,8-13,18-19,29H,4,6-7H2,1-3H3/t18-,19-/m0/s1. The zero-order chi connectivity index (χ0) is 20.8. The van der Waals surface area contributed by atoms with Crippen LogP contribution in [0.1, 0.15) is 36.6 Å². The molecule has 1 N–H and O–H groups in total. The van der Waals surface area contributed by atoms with Gasteiger partial charge in [0.25, 0.3) is 0 Å². The first-order valence-electron chi connectivity index (χ1n) is 10.3. The molecular formula is C23H25N5O2. The summed E-state index contributed by atoms with van der Waals surface area (Å²) in [6, 6.07) is 7.93.